The van der Waals surface area contributed by atoms with Gasteiger partial charge >= 0.3 is 0 Å². The summed E-state index contributed by atoms with van der Waals surface area (Å²) in [6.07, 6.45) is 3.07. The number of imidazole rings is 1. The lowest BCUT2D eigenvalue weighted by molar-refractivity contribution is 0.914. The molecule has 2 aliphatic heterocycles. The molecule has 4 aromatic rings. The summed E-state index contributed by atoms with van der Waals surface area (Å²) in [4.78, 5) is 21.9. The lowest BCUT2D eigenvalue weighted by Gasteiger charge is -2.13. The molecule has 0 fully saturated rings. The van der Waals surface area contributed by atoms with Crippen molar-refractivity contribution in [1.29, 1.82) is 0 Å². The van der Waals surface area contributed by atoms with Gasteiger partial charge in [0.25, 0.3) is 5.56 Å². The lowest BCUT2D eigenvalue weighted by Crippen LogP contribution is -2.17. The Hall–Kier alpha value is -3.96. The van der Waals surface area contributed by atoms with Crippen molar-refractivity contribution in [3.63, 3.8) is 0 Å². The minimum Gasteiger partial charge on any atom is -0.354 e. The molecule has 160 valence electrons. The molecule has 0 amide bonds. The van der Waals surface area contributed by atoms with Gasteiger partial charge in [0.2, 0.25) is 0 Å². The van der Waals surface area contributed by atoms with Crippen LogP contribution in [-0.2, 0) is 12.8 Å². The fraction of sp³-hybridized carbons (Fsp3) is 0.0714. The Bertz CT molecular complexity index is 1580. The Morgan fingerprint density at radius 2 is 1.58 bits per heavy atom. The van der Waals surface area contributed by atoms with Crippen LogP contribution in [0.15, 0.2) is 101 Å². The molecule has 1 N–H and O–H groups in total. The number of fused-ring (bicyclic) bond motifs is 2. The highest BCUT2D eigenvalue weighted by atomic mass is 32.1. The molecule has 6 rings (SSSR count). The van der Waals surface area contributed by atoms with Gasteiger partial charge in [0.1, 0.15) is 5.69 Å². The molecule has 0 saturated heterocycles. The van der Waals surface area contributed by atoms with Gasteiger partial charge in [-0.3, -0.25) is 9.36 Å². The SMILES string of the molecule is O=c1c(Cc2csc3ccccc23)nc2c(Cc3ccccc3)[nH]c(-c3ccccc3)cn1-2. The molecule has 3 heterocycles. The molecular weight excluding hydrogens is 426 g/mol. The highest BCUT2D eigenvalue weighted by molar-refractivity contribution is 7.17. The minimum absolute atomic E-state index is 0.0548. The van der Waals surface area contributed by atoms with Gasteiger partial charge in [-0.1, -0.05) is 78.9 Å². The molecule has 0 unspecified atom stereocenters. The first-order valence-corrected chi connectivity index (χ1v) is 11.8. The van der Waals surface area contributed by atoms with Crippen molar-refractivity contribution in [1.82, 2.24) is 14.5 Å². The van der Waals surface area contributed by atoms with Crippen LogP contribution in [0.2, 0.25) is 0 Å². The Kier molecular flexibility index (Phi) is 4.89. The summed E-state index contributed by atoms with van der Waals surface area (Å²) in [5.41, 5.74) is 5.70. The summed E-state index contributed by atoms with van der Waals surface area (Å²) >= 11 is 1.71. The third kappa shape index (κ3) is 3.66. The highest BCUT2D eigenvalue weighted by Crippen LogP contribution is 2.28. The minimum atomic E-state index is -0.0548. The van der Waals surface area contributed by atoms with Gasteiger partial charge in [-0.05, 0) is 33.5 Å². The number of H-pyrrole nitrogens is 1. The third-order valence-electron chi connectivity index (χ3n) is 5.98. The van der Waals surface area contributed by atoms with Crippen molar-refractivity contribution in [2.24, 2.45) is 0 Å². The number of thiophene rings is 1. The number of aromatic amines is 1. The maximum atomic E-state index is 13.5. The van der Waals surface area contributed by atoms with E-state index in [9.17, 15) is 4.79 Å². The average molecular weight is 448 g/mol. The Morgan fingerprint density at radius 1 is 0.848 bits per heavy atom. The first-order valence-electron chi connectivity index (χ1n) is 10.9. The zero-order valence-electron chi connectivity index (χ0n) is 17.9. The van der Waals surface area contributed by atoms with Crippen LogP contribution in [0, 0.1) is 0 Å². The van der Waals surface area contributed by atoms with E-state index >= 15 is 0 Å². The van der Waals surface area contributed by atoms with E-state index in [0.29, 0.717) is 24.4 Å². The van der Waals surface area contributed by atoms with E-state index in [1.807, 2.05) is 66.9 Å². The van der Waals surface area contributed by atoms with Crippen molar-refractivity contribution < 1.29 is 0 Å². The number of nitrogens with one attached hydrogen (secondary N) is 1. The molecule has 0 spiro atoms. The molecule has 33 heavy (non-hydrogen) atoms. The standard InChI is InChI=1S/C28H21N3OS/c32-28-24(16-21-18-33-26-14-8-7-13-22(21)26)30-27-23(15-19-9-3-1-4-10-19)29-25(17-31(27)28)20-11-5-2-6-12-20/h1-14,17-18,29H,15-16H2. The molecule has 3 aromatic carbocycles. The van der Waals surface area contributed by atoms with Crippen LogP contribution >= 0.6 is 11.3 Å². The smallest absolute Gasteiger partial charge is 0.278 e. The van der Waals surface area contributed by atoms with Crippen LogP contribution < -0.4 is 5.56 Å². The van der Waals surface area contributed by atoms with Gasteiger partial charge < -0.3 is 4.98 Å². The summed E-state index contributed by atoms with van der Waals surface area (Å²) in [5.74, 6) is 0.693. The van der Waals surface area contributed by atoms with Gasteiger partial charge in [0.15, 0.2) is 5.82 Å². The molecule has 0 atom stereocenters. The zero-order chi connectivity index (χ0) is 22.2. The molecule has 2 aliphatic rings. The van der Waals surface area contributed by atoms with Crippen LogP contribution in [-0.4, -0.2) is 14.5 Å². The Morgan fingerprint density at radius 3 is 2.39 bits per heavy atom. The summed E-state index contributed by atoms with van der Waals surface area (Å²) in [5, 5.41) is 3.33. The van der Waals surface area contributed by atoms with Crippen LogP contribution in [0.5, 0.6) is 0 Å². The van der Waals surface area contributed by atoms with E-state index in [-0.39, 0.29) is 5.56 Å². The molecule has 0 radical (unpaired) electrons. The van der Waals surface area contributed by atoms with Gasteiger partial charge in [-0.2, -0.15) is 0 Å². The molecule has 4 nitrogen and oxygen atoms in total. The van der Waals surface area contributed by atoms with Crippen LogP contribution in [0.3, 0.4) is 0 Å². The van der Waals surface area contributed by atoms with Gasteiger partial charge in [-0.15, -0.1) is 11.3 Å². The average Bonchev–Trinajstić information content (AvgIpc) is 3.42. The second kappa shape index (κ2) is 8.19. The number of aromatic nitrogens is 3. The van der Waals surface area contributed by atoms with E-state index in [1.165, 1.54) is 15.6 Å². The number of hydrogen-bond acceptors (Lipinski definition) is 3. The van der Waals surface area contributed by atoms with Crippen molar-refractivity contribution in [2.75, 3.05) is 0 Å². The van der Waals surface area contributed by atoms with Gasteiger partial charge in [0, 0.05) is 23.7 Å². The van der Waals surface area contributed by atoms with Crippen molar-refractivity contribution in [3.8, 4) is 17.1 Å². The number of nitrogens with zero attached hydrogens (tertiary/aromatic N) is 2. The summed E-state index contributed by atoms with van der Waals surface area (Å²) in [6.45, 7) is 0. The topological polar surface area (TPSA) is 50.7 Å². The largest absolute Gasteiger partial charge is 0.354 e. The second-order valence-corrected chi connectivity index (χ2v) is 9.08. The molecule has 1 aromatic heterocycles. The van der Waals surface area contributed by atoms with Crippen molar-refractivity contribution in [3.05, 3.63) is 129 Å². The van der Waals surface area contributed by atoms with E-state index in [0.717, 1.165) is 22.5 Å². The third-order valence-corrected chi connectivity index (χ3v) is 6.99. The quantitative estimate of drug-likeness (QED) is 0.349. The van der Waals surface area contributed by atoms with Gasteiger partial charge in [-0.25, -0.2) is 4.98 Å². The number of benzene rings is 3. The Labute approximate surface area is 195 Å². The maximum absolute atomic E-state index is 13.5. The summed E-state index contributed by atoms with van der Waals surface area (Å²) < 4.78 is 2.94. The molecule has 0 saturated carbocycles. The maximum Gasteiger partial charge on any atom is 0.278 e. The molecular formula is C28H21N3OS. The number of rotatable bonds is 5. The van der Waals surface area contributed by atoms with E-state index in [4.69, 9.17) is 4.98 Å². The fourth-order valence-electron chi connectivity index (χ4n) is 4.33. The predicted octanol–water partition coefficient (Wildman–Crippen LogP) is 6.06. The van der Waals surface area contributed by atoms with Crippen LogP contribution in [0.25, 0.3) is 27.2 Å². The Balaban J connectivity index is 1.50. The zero-order valence-corrected chi connectivity index (χ0v) is 18.7. The van der Waals surface area contributed by atoms with E-state index < -0.39 is 0 Å². The van der Waals surface area contributed by atoms with E-state index in [1.54, 1.807) is 15.9 Å². The first kappa shape index (κ1) is 19.7. The molecule has 0 bridgehead atoms. The van der Waals surface area contributed by atoms with Crippen LogP contribution in [0.1, 0.15) is 22.5 Å². The predicted molar refractivity (Wildman–Crippen MR) is 135 cm³/mol. The first-order chi connectivity index (χ1) is 16.3. The normalized spacial score (nSPS) is 11.4. The monoisotopic (exact) mass is 447 g/mol. The highest BCUT2D eigenvalue weighted by Gasteiger charge is 2.21. The fourth-order valence-corrected chi connectivity index (χ4v) is 5.29. The van der Waals surface area contributed by atoms with Crippen molar-refractivity contribution >= 4 is 21.4 Å². The summed E-state index contributed by atoms with van der Waals surface area (Å²) in [6, 6.07) is 28.7. The summed E-state index contributed by atoms with van der Waals surface area (Å²) in [7, 11) is 0. The van der Waals surface area contributed by atoms with Gasteiger partial charge in [0.05, 0.1) is 11.4 Å². The second-order valence-electron chi connectivity index (χ2n) is 8.17. The van der Waals surface area contributed by atoms with E-state index in [2.05, 4.69) is 34.6 Å². The molecule has 5 heteroatoms. The lowest BCUT2D eigenvalue weighted by atomic mass is 10.1. The van der Waals surface area contributed by atoms with Crippen molar-refractivity contribution in [2.45, 2.75) is 12.8 Å². The molecule has 0 aliphatic carbocycles. The number of hydrogen-bond donors (Lipinski definition) is 1. The van der Waals surface area contributed by atoms with Crippen LogP contribution in [0.4, 0.5) is 0 Å².